The van der Waals surface area contributed by atoms with E-state index in [2.05, 4.69) is 34.3 Å². The minimum atomic E-state index is -3.69. The number of nitrogens with one attached hydrogen (secondary N) is 2. The molecule has 0 aliphatic carbocycles. The summed E-state index contributed by atoms with van der Waals surface area (Å²) in [6, 6.07) is 13.3. The Bertz CT molecular complexity index is 1230. The summed E-state index contributed by atoms with van der Waals surface area (Å²) in [7, 11) is -2.10. The van der Waals surface area contributed by atoms with Gasteiger partial charge in [-0.25, -0.2) is 8.42 Å². The fraction of sp³-hybridized carbons (Fsp3) is 0.348. The van der Waals surface area contributed by atoms with Gasteiger partial charge in [-0.1, -0.05) is 19.9 Å². The number of methoxy groups -OCH3 is 1. The molecule has 3 aromatic rings. The lowest BCUT2D eigenvalue weighted by Crippen LogP contribution is -2.42. The lowest BCUT2D eigenvalue weighted by Gasteiger charge is -2.34. The lowest BCUT2D eigenvalue weighted by molar-refractivity contribution is 0.102. The highest BCUT2D eigenvalue weighted by atomic mass is 32.2. The first kappa shape index (κ1) is 22.9. The standard InChI is InChI=1S/C23H27N5O4S/c1-15-11-16(2)14-28(13-15)33(30,31)20-6-4-5-18(12-20)22(29)25-23-24-21(26-27-23)17-7-9-19(32-3)10-8-17/h4-10,12,15-16H,11,13-14H2,1-3H3,(H2,24,25,26,27,29)/t15-,16+. The Morgan fingerprint density at radius 3 is 2.48 bits per heavy atom. The van der Waals surface area contributed by atoms with E-state index < -0.39 is 15.9 Å². The molecule has 1 fully saturated rings. The molecule has 0 bridgehead atoms. The number of H-pyrrole nitrogens is 1. The van der Waals surface area contributed by atoms with E-state index in [1.54, 1.807) is 31.4 Å². The third-order valence-corrected chi connectivity index (χ3v) is 7.47. The van der Waals surface area contributed by atoms with Crippen molar-refractivity contribution in [3.05, 3.63) is 54.1 Å². The van der Waals surface area contributed by atoms with Crippen molar-refractivity contribution in [1.82, 2.24) is 19.5 Å². The van der Waals surface area contributed by atoms with Gasteiger partial charge in [-0.15, -0.1) is 5.10 Å². The predicted molar refractivity (Wildman–Crippen MR) is 124 cm³/mol. The Labute approximate surface area is 193 Å². The summed E-state index contributed by atoms with van der Waals surface area (Å²) in [5.74, 6) is 1.39. The van der Waals surface area contributed by atoms with Gasteiger partial charge in [0.1, 0.15) is 5.75 Å². The van der Waals surface area contributed by atoms with Crippen LogP contribution in [-0.4, -0.2) is 54.0 Å². The molecule has 10 heteroatoms. The highest BCUT2D eigenvalue weighted by Gasteiger charge is 2.32. The number of carbonyl (C=O) groups excluding carboxylic acids is 1. The van der Waals surface area contributed by atoms with Gasteiger partial charge in [-0.2, -0.15) is 9.29 Å². The fourth-order valence-corrected chi connectivity index (χ4v) is 5.84. The third-order valence-electron chi connectivity index (χ3n) is 5.64. The van der Waals surface area contributed by atoms with E-state index in [9.17, 15) is 13.2 Å². The van der Waals surface area contributed by atoms with Crippen LogP contribution in [0.5, 0.6) is 5.75 Å². The van der Waals surface area contributed by atoms with Crippen molar-refractivity contribution in [2.45, 2.75) is 25.2 Å². The number of aromatic nitrogens is 3. The van der Waals surface area contributed by atoms with Crippen LogP contribution in [-0.2, 0) is 10.0 Å². The van der Waals surface area contributed by atoms with Crippen LogP contribution in [0.3, 0.4) is 0 Å². The zero-order valence-electron chi connectivity index (χ0n) is 18.8. The number of aromatic amines is 1. The molecule has 0 unspecified atom stereocenters. The van der Waals surface area contributed by atoms with E-state index in [0.29, 0.717) is 30.7 Å². The second-order valence-corrected chi connectivity index (χ2v) is 10.4. The summed E-state index contributed by atoms with van der Waals surface area (Å²) in [5.41, 5.74) is 0.992. The zero-order chi connectivity index (χ0) is 23.6. The number of hydrogen-bond acceptors (Lipinski definition) is 6. The molecular formula is C23H27N5O4S. The van der Waals surface area contributed by atoms with E-state index >= 15 is 0 Å². The van der Waals surface area contributed by atoms with Crippen molar-refractivity contribution >= 4 is 21.9 Å². The van der Waals surface area contributed by atoms with Gasteiger partial charge in [-0.05, 0) is 60.7 Å². The molecule has 1 aromatic heterocycles. The molecular weight excluding hydrogens is 442 g/mol. The molecule has 0 radical (unpaired) electrons. The van der Waals surface area contributed by atoms with Gasteiger partial charge >= 0.3 is 0 Å². The number of carbonyl (C=O) groups is 1. The molecule has 2 atom stereocenters. The highest BCUT2D eigenvalue weighted by Crippen LogP contribution is 2.27. The van der Waals surface area contributed by atoms with Gasteiger partial charge in [0.15, 0.2) is 5.82 Å². The van der Waals surface area contributed by atoms with Crippen molar-refractivity contribution in [3.63, 3.8) is 0 Å². The number of ether oxygens (including phenoxy) is 1. The first-order chi connectivity index (χ1) is 15.8. The molecule has 2 aromatic carbocycles. The average Bonchev–Trinajstić information content (AvgIpc) is 3.27. The normalized spacial score (nSPS) is 19.2. The highest BCUT2D eigenvalue weighted by molar-refractivity contribution is 7.89. The largest absolute Gasteiger partial charge is 0.497 e. The molecule has 1 amide bonds. The van der Waals surface area contributed by atoms with Crippen LogP contribution >= 0.6 is 0 Å². The van der Waals surface area contributed by atoms with Crippen molar-refractivity contribution in [3.8, 4) is 17.1 Å². The summed E-state index contributed by atoms with van der Waals surface area (Å²) >= 11 is 0. The smallest absolute Gasteiger partial charge is 0.258 e. The average molecular weight is 470 g/mol. The van der Waals surface area contributed by atoms with Gasteiger partial charge < -0.3 is 4.74 Å². The Kier molecular flexibility index (Phi) is 6.48. The molecule has 1 saturated heterocycles. The number of amides is 1. The van der Waals surface area contributed by atoms with Gasteiger partial charge in [-0.3, -0.25) is 15.2 Å². The SMILES string of the molecule is COc1ccc(-c2nc(NC(=O)c3cccc(S(=O)(=O)N4C[C@H](C)C[C@H](C)C4)c3)n[nH]2)cc1. The quantitative estimate of drug-likeness (QED) is 0.571. The number of rotatable bonds is 6. The van der Waals surface area contributed by atoms with Gasteiger partial charge in [0, 0.05) is 24.2 Å². The van der Waals surface area contributed by atoms with Crippen molar-refractivity contribution < 1.29 is 17.9 Å². The van der Waals surface area contributed by atoms with Crippen LogP contribution in [0.15, 0.2) is 53.4 Å². The summed E-state index contributed by atoms with van der Waals surface area (Å²) in [5, 5.41) is 9.44. The predicted octanol–water partition coefficient (Wildman–Crippen LogP) is 3.40. The number of hydrogen-bond donors (Lipinski definition) is 2. The number of sulfonamides is 1. The van der Waals surface area contributed by atoms with Crippen LogP contribution in [0.1, 0.15) is 30.6 Å². The summed E-state index contributed by atoms with van der Waals surface area (Å²) in [6.07, 6.45) is 1.00. The van der Waals surface area contributed by atoms with Crippen LogP contribution in [0.4, 0.5) is 5.95 Å². The van der Waals surface area contributed by atoms with Gasteiger partial charge in [0.2, 0.25) is 16.0 Å². The molecule has 2 N–H and O–H groups in total. The molecule has 9 nitrogen and oxygen atoms in total. The maximum absolute atomic E-state index is 13.2. The zero-order valence-corrected chi connectivity index (χ0v) is 19.6. The molecule has 0 saturated carbocycles. The molecule has 4 rings (SSSR count). The van der Waals surface area contributed by atoms with Gasteiger partial charge in [0.25, 0.3) is 5.91 Å². The lowest BCUT2D eigenvalue weighted by atomic mass is 9.94. The first-order valence-corrected chi connectivity index (χ1v) is 12.2. The van der Waals surface area contributed by atoms with Crippen molar-refractivity contribution in [2.75, 3.05) is 25.5 Å². The third kappa shape index (κ3) is 5.07. The molecule has 174 valence electrons. The molecule has 2 heterocycles. The Balaban J connectivity index is 1.49. The Morgan fingerprint density at radius 2 is 1.82 bits per heavy atom. The Morgan fingerprint density at radius 1 is 1.12 bits per heavy atom. The van der Waals surface area contributed by atoms with E-state index in [1.165, 1.54) is 16.4 Å². The molecule has 1 aliphatic heterocycles. The summed E-state index contributed by atoms with van der Waals surface area (Å²) in [6.45, 7) is 5.07. The van der Waals surface area contributed by atoms with Crippen LogP contribution in [0, 0.1) is 11.8 Å². The topological polar surface area (TPSA) is 117 Å². The number of anilines is 1. The van der Waals surface area contributed by atoms with E-state index in [4.69, 9.17) is 4.74 Å². The second kappa shape index (κ2) is 9.32. The van der Waals surface area contributed by atoms with E-state index in [0.717, 1.165) is 17.7 Å². The second-order valence-electron chi connectivity index (χ2n) is 8.49. The van der Waals surface area contributed by atoms with E-state index in [1.807, 2.05) is 12.1 Å². The van der Waals surface area contributed by atoms with Crippen LogP contribution < -0.4 is 10.1 Å². The minimum absolute atomic E-state index is 0.0951. The Hall–Kier alpha value is -3.24. The molecule has 0 spiro atoms. The molecule has 33 heavy (non-hydrogen) atoms. The monoisotopic (exact) mass is 469 g/mol. The van der Waals surface area contributed by atoms with E-state index in [-0.39, 0.29) is 16.4 Å². The van der Waals surface area contributed by atoms with Crippen molar-refractivity contribution in [2.24, 2.45) is 11.8 Å². The number of piperidine rings is 1. The van der Waals surface area contributed by atoms with Crippen molar-refractivity contribution in [1.29, 1.82) is 0 Å². The van der Waals surface area contributed by atoms with Crippen LogP contribution in [0.2, 0.25) is 0 Å². The number of nitrogens with zero attached hydrogens (tertiary/aromatic N) is 3. The maximum atomic E-state index is 13.2. The first-order valence-electron chi connectivity index (χ1n) is 10.7. The van der Waals surface area contributed by atoms with Gasteiger partial charge in [0.05, 0.1) is 12.0 Å². The fourth-order valence-electron chi connectivity index (χ4n) is 4.12. The molecule has 1 aliphatic rings. The maximum Gasteiger partial charge on any atom is 0.258 e. The number of benzene rings is 2. The van der Waals surface area contributed by atoms with Crippen LogP contribution in [0.25, 0.3) is 11.4 Å². The summed E-state index contributed by atoms with van der Waals surface area (Å²) < 4.78 is 33.0. The summed E-state index contributed by atoms with van der Waals surface area (Å²) in [4.78, 5) is 17.2. The minimum Gasteiger partial charge on any atom is -0.497 e.